The number of hydrogen-bond acceptors (Lipinski definition) is 2. The van der Waals surface area contributed by atoms with E-state index in [1.807, 2.05) is 0 Å². The minimum absolute atomic E-state index is 0.113. The lowest BCUT2D eigenvalue weighted by molar-refractivity contribution is 0.391. The predicted molar refractivity (Wildman–Crippen MR) is 53.5 cm³/mol. The third kappa shape index (κ3) is 1.45. The largest absolute Gasteiger partial charge is 0.493 e. The van der Waals surface area contributed by atoms with Gasteiger partial charge in [-0.1, -0.05) is 19.3 Å². The highest BCUT2D eigenvalue weighted by atomic mass is 16.3. The Labute approximate surface area is 82.6 Å². The molecule has 14 heavy (non-hydrogen) atoms. The van der Waals surface area contributed by atoms with Gasteiger partial charge < -0.3 is 10.1 Å². The van der Waals surface area contributed by atoms with Gasteiger partial charge in [-0.15, -0.1) is 0 Å². The lowest BCUT2D eigenvalue weighted by Crippen LogP contribution is -2.12. The summed E-state index contributed by atoms with van der Waals surface area (Å²) in [5.41, 5.74) is 0.514. The van der Waals surface area contributed by atoms with E-state index in [0.29, 0.717) is 5.92 Å². The van der Waals surface area contributed by atoms with Crippen molar-refractivity contribution in [2.45, 2.75) is 38.0 Å². The monoisotopic (exact) mass is 196 g/mol. The molecule has 0 bridgehead atoms. The van der Waals surface area contributed by atoms with Crippen LogP contribution in [0, 0.1) is 0 Å². The second-order valence-electron chi connectivity index (χ2n) is 4.06. The maximum absolute atomic E-state index is 11.3. The summed E-state index contributed by atoms with van der Waals surface area (Å²) in [5, 5.41) is 9.70. The predicted octanol–water partition coefficient (Wildman–Crippen LogP) is 1.47. The maximum atomic E-state index is 11.3. The third-order valence-corrected chi connectivity index (χ3v) is 3.12. The molecule has 1 heterocycles. The standard InChI is InChI=1S/C10H16N2O2/c1-12-9(13)8(11-10(12)14)7-5-3-2-4-6-7/h7,13H,2-6H2,1H3,(H,11,14). The van der Waals surface area contributed by atoms with E-state index in [1.54, 1.807) is 7.05 Å². The fourth-order valence-corrected chi connectivity index (χ4v) is 2.21. The summed E-state index contributed by atoms with van der Waals surface area (Å²) < 4.78 is 1.27. The molecule has 0 amide bonds. The molecule has 0 radical (unpaired) electrons. The molecule has 0 atom stereocenters. The Morgan fingerprint density at radius 3 is 2.50 bits per heavy atom. The Morgan fingerprint density at radius 1 is 1.36 bits per heavy atom. The van der Waals surface area contributed by atoms with Crippen LogP contribution in [-0.4, -0.2) is 14.7 Å². The average molecular weight is 196 g/mol. The van der Waals surface area contributed by atoms with E-state index in [2.05, 4.69) is 4.98 Å². The summed E-state index contributed by atoms with van der Waals surface area (Å²) in [4.78, 5) is 14.0. The summed E-state index contributed by atoms with van der Waals surface area (Å²) in [6.07, 6.45) is 5.82. The number of imidazole rings is 1. The molecular weight excluding hydrogens is 180 g/mol. The van der Waals surface area contributed by atoms with E-state index in [-0.39, 0.29) is 11.6 Å². The van der Waals surface area contributed by atoms with Crippen LogP contribution in [0.5, 0.6) is 5.88 Å². The minimum Gasteiger partial charge on any atom is -0.493 e. The molecule has 0 aliphatic heterocycles. The number of rotatable bonds is 1. The van der Waals surface area contributed by atoms with Crippen LogP contribution in [0.3, 0.4) is 0 Å². The lowest BCUT2D eigenvalue weighted by Gasteiger charge is -2.20. The van der Waals surface area contributed by atoms with Gasteiger partial charge >= 0.3 is 5.69 Å². The number of nitrogens with one attached hydrogen (secondary N) is 1. The smallest absolute Gasteiger partial charge is 0.328 e. The van der Waals surface area contributed by atoms with Crippen molar-refractivity contribution in [2.75, 3.05) is 0 Å². The summed E-state index contributed by atoms with van der Waals surface area (Å²) in [5.74, 6) is 0.458. The maximum Gasteiger partial charge on any atom is 0.328 e. The zero-order valence-electron chi connectivity index (χ0n) is 8.42. The van der Waals surface area contributed by atoms with Crippen LogP contribution < -0.4 is 5.69 Å². The van der Waals surface area contributed by atoms with Gasteiger partial charge in [0.2, 0.25) is 5.88 Å². The van der Waals surface area contributed by atoms with Gasteiger partial charge in [0.05, 0.1) is 5.69 Å². The Morgan fingerprint density at radius 2 is 2.00 bits per heavy atom. The third-order valence-electron chi connectivity index (χ3n) is 3.12. The fraction of sp³-hybridized carbons (Fsp3) is 0.700. The zero-order chi connectivity index (χ0) is 10.1. The first-order valence-electron chi connectivity index (χ1n) is 5.18. The molecule has 2 N–H and O–H groups in total. The highest BCUT2D eigenvalue weighted by molar-refractivity contribution is 5.22. The van der Waals surface area contributed by atoms with Crippen molar-refractivity contribution in [3.8, 4) is 5.88 Å². The Hall–Kier alpha value is -1.19. The average Bonchev–Trinajstić information content (AvgIpc) is 2.47. The van der Waals surface area contributed by atoms with Gasteiger partial charge in [0.1, 0.15) is 0 Å². The van der Waals surface area contributed by atoms with Crippen LogP contribution >= 0.6 is 0 Å². The van der Waals surface area contributed by atoms with Gasteiger partial charge in [-0.25, -0.2) is 4.79 Å². The number of H-pyrrole nitrogens is 1. The SMILES string of the molecule is Cn1c(O)c(C2CCCCC2)[nH]c1=O. The van der Waals surface area contributed by atoms with E-state index in [1.165, 1.54) is 23.8 Å². The molecule has 78 valence electrons. The first kappa shape index (κ1) is 9.37. The molecule has 4 heteroatoms. The van der Waals surface area contributed by atoms with Gasteiger partial charge in [0, 0.05) is 13.0 Å². The van der Waals surface area contributed by atoms with Crippen LogP contribution in [0.25, 0.3) is 0 Å². The molecule has 0 saturated heterocycles. The van der Waals surface area contributed by atoms with Crippen molar-refractivity contribution in [3.05, 3.63) is 16.2 Å². The number of aromatic amines is 1. The van der Waals surface area contributed by atoms with Crippen molar-refractivity contribution in [3.63, 3.8) is 0 Å². The molecule has 1 aromatic heterocycles. The summed E-state index contributed by atoms with van der Waals surface area (Å²) in [6, 6.07) is 0. The number of aromatic nitrogens is 2. The molecule has 1 aliphatic rings. The van der Waals surface area contributed by atoms with Crippen LogP contribution in [0.1, 0.15) is 43.7 Å². The molecule has 0 unspecified atom stereocenters. The van der Waals surface area contributed by atoms with Crippen LogP contribution in [0.4, 0.5) is 0 Å². The van der Waals surface area contributed by atoms with Gasteiger partial charge in [-0.05, 0) is 12.8 Å². The summed E-state index contributed by atoms with van der Waals surface area (Å²) in [7, 11) is 1.58. The quantitative estimate of drug-likeness (QED) is 0.714. The topological polar surface area (TPSA) is 58.0 Å². The first-order chi connectivity index (χ1) is 6.70. The van der Waals surface area contributed by atoms with E-state index in [9.17, 15) is 9.90 Å². The molecule has 1 saturated carbocycles. The zero-order valence-corrected chi connectivity index (χ0v) is 8.42. The highest BCUT2D eigenvalue weighted by Crippen LogP contribution is 2.34. The summed E-state index contributed by atoms with van der Waals surface area (Å²) in [6.45, 7) is 0. The second-order valence-corrected chi connectivity index (χ2v) is 4.06. The van der Waals surface area contributed by atoms with Crippen molar-refractivity contribution < 1.29 is 5.11 Å². The molecular formula is C10H16N2O2. The molecule has 0 aromatic carbocycles. The normalized spacial score (nSPS) is 18.6. The van der Waals surface area contributed by atoms with E-state index < -0.39 is 0 Å². The first-order valence-corrected chi connectivity index (χ1v) is 5.18. The van der Waals surface area contributed by atoms with Crippen molar-refractivity contribution in [1.82, 2.24) is 9.55 Å². The Bertz CT molecular complexity index is 372. The lowest BCUT2D eigenvalue weighted by atomic mass is 9.87. The van der Waals surface area contributed by atoms with Crippen molar-refractivity contribution in [2.24, 2.45) is 7.05 Å². The fourth-order valence-electron chi connectivity index (χ4n) is 2.21. The minimum atomic E-state index is -0.219. The van der Waals surface area contributed by atoms with Gasteiger partial charge in [-0.2, -0.15) is 0 Å². The van der Waals surface area contributed by atoms with Crippen LogP contribution in [0.2, 0.25) is 0 Å². The van der Waals surface area contributed by atoms with Crippen molar-refractivity contribution >= 4 is 0 Å². The van der Waals surface area contributed by atoms with Gasteiger partial charge in [0.25, 0.3) is 0 Å². The van der Waals surface area contributed by atoms with E-state index in [0.717, 1.165) is 18.5 Å². The van der Waals surface area contributed by atoms with Crippen LogP contribution in [0.15, 0.2) is 4.79 Å². The molecule has 2 rings (SSSR count). The van der Waals surface area contributed by atoms with E-state index >= 15 is 0 Å². The van der Waals surface area contributed by atoms with E-state index in [4.69, 9.17) is 0 Å². The molecule has 1 aliphatic carbocycles. The molecule has 1 fully saturated rings. The van der Waals surface area contributed by atoms with Crippen molar-refractivity contribution in [1.29, 1.82) is 0 Å². The van der Waals surface area contributed by atoms with Crippen LogP contribution in [-0.2, 0) is 7.05 Å². The van der Waals surface area contributed by atoms with Gasteiger partial charge in [-0.3, -0.25) is 4.57 Å². The summed E-state index contributed by atoms with van der Waals surface area (Å²) >= 11 is 0. The highest BCUT2D eigenvalue weighted by Gasteiger charge is 2.22. The number of hydrogen-bond donors (Lipinski definition) is 2. The molecule has 0 spiro atoms. The Balaban J connectivity index is 2.30. The molecule has 4 nitrogen and oxygen atoms in total. The molecule has 1 aromatic rings. The van der Waals surface area contributed by atoms with Gasteiger partial charge in [0.15, 0.2) is 0 Å². The second kappa shape index (κ2) is 3.52. The Kier molecular flexibility index (Phi) is 2.35. The number of aromatic hydroxyl groups is 1. The number of nitrogens with zero attached hydrogens (tertiary/aromatic N) is 1.